The van der Waals surface area contributed by atoms with Crippen LogP contribution in [-0.2, 0) is 0 Å². The molecule has 0 aromatic heterocycles. The van der Waals surface area contributed by atoms with E-state index >= 15 is 0 Å². The van der Waals surface area contributed by atoms with Crippen LogP contribution in [0.15, 0.2) is 18.2 Å². The van der Waals surface area contributed by atoms with Crippen molar-refractivity contribution in [1.82, 2.24) is 5.43 Å². The molecule has 0 heterocycles. The molecule has 0 amide bonds. The van der Waals surface area contributed by atoms with Crippen molar-refractivity contribution in [3.8, 4) is 0 Å². The number of nitro benzene ring substituents is 2. The second kappa shape index (κ2) is 5.03. The summed E-state index contributed by atoms with van der Waals surface area (Å²) < 4.78 is 0. The Hall–Kier alpha value is -2.49. The highest BCUT2D eigenvalue weighted by Gasteiger charge is 2.19. The van der Waals surface area contributed by atoms with E-state index in [0.29, 0.717) is 0 Å². The third-order valence-corrected chi connectivity index (χ3v) is 1.81. The Bertz CT molecular complexity index is 491. The summed E-state index contributed by atoms with van der Waals surface area (Å²) in [7, 11) is 0. The summed E-state index contributed by atoms with van der Waals surface area (Å²) in [6.45, 7) is 0. The Morgan fingerprint density at radius 3 is 2.41 bits per heavy atom. The van der Waals surface area contributed by atoms with E-state index in [0.717, 1.165) is 12.1 Å². The van der Waals surface area contributed by atoms with Crippen LogP contribution in [-0.4, -0.2) is 15.0 Å². The molecule has 4 N–H and O–H groups in total. The summed E-state index contributed by atoms with van der Waals surface area (Å²) in [6.07, 6.45) is 0. The molecule has 90 valence electrons. The van der Waals surface area contributed by atoms with Gasteiger partial charge in [0.2, 0.25) is 0 Å². The van der Waals surface area contributed by atoms with Crippen LogP contribution in [0.5, 0.6) is 0 Å². The molecule has 0 aliphatic heterocycles. The topological polar surface area (TPSA) is 136 Å². The van der Waals surface area contributed by atoms with Crippen LogP contribution in [0.2, 0.25) is 0 Å². The molecule has 0 aliphatic carbocycles. The van der Waals surface area contributed by atoms with E-state index in [9.17, 15) is 20.2 Å². The molecule has 17 heavy (non-hydrogen) atoms. The predicted octanol–water partition coefficient (Wildman–Crippen LogP) is 0.663. The number of hydrogen-bond donors (Lipinski definition) is 3. The predicted molar refractivity (Wildman–Crippen MR) is 63.3 cm³/mol. The second-order valence-corrected chi connectivity index (χ2v) is 3.27. The molecule has 0 atom stereocenters. The zero-order chi connectivity index (χ0) is 13.0. The molecule has 0 saturated heterocycles. The van der Waals surface area contributed by atoms with Crippen molar-refractivity contribution in [2.45, 2.75) is 0 Å². The van der Waals surface area contributed by atoms with Crippen molar-refractivity contribution in [3.05, 3.63) is 38.4 Å². The van der Waals surface area contributed by atoms with Crippen LogP contribution in [0.3, 0.4) is 0 Å². The maximum atomic E-state index is 10.7. The summed E-state index contributed by atoms with van der Waals surface area (Å²) in [6, 6.07) is 3.14. The van der Waals surface area contributed by atoms with Gasteiger partial charge in [0.25, 0.3) is 5.69 Å². The molecule has 10 heteroatoms. The Morgan fingerprint density at radius 2 is 1.94 bits per heavy atom. The lowest BCUT2D eigenvalue weighted by molar-refractivity contribution is -0.393. The van der Waals surface area contributed by atoms with Gasteiger partial charge in [0.1, 0.15) is 5.69 Å². The van der Waals surface area contributed by atoms with Crippen molar-refractivity contribution < 1.29 is 9.85 Å². The van der Waals surface area contributed by atoms with Crippen LogP contribution >= 0.6 is 12.2 Å². The number of nitrogens with one attached hydrogen (secondary N) is 2. The number of hydrazine groups is 1. The minimum atomic E-state index is -0.753. The van der Waals surface area contributed by atoms with Crippen LogP contribution < -0.4 is 16.6 Å². The van der Waals surface area contributed by atoms with Gasteiger partial charge in [-0.25, -0.2) is 0 Å². The SMILES string of the molecule is NC(=S)NNc1ccc([N+](=O)[O-])cc1[N+](=O)[O-]. The smallest absolute Gasteiger partial charge is 0.300 e. The third-order valence-electron chi connectivity index (χ3n) is 1.71. The first kappa shape index (κ1) is 12.6. The largest absolute Gasteiger partial charge is 0.375 e. The van der Waals surface area contributed by atoms with Crippen LogP contribution in [0, 0.1) is 20.2 Å². The summed E-state index contributed by atoms with van der Waals surface area (Å²) in [5.41, 5.74) is 8.98. The van der Waals surface area contributed by atoms with E-state index in [1.807, 2.05) is 0 Å². The van der Waals surface area contributed by atoms with Gasteiger partial charge in [0, 0.05) is 6.07 Å². The minimum Gasteiger partial charge on any atom is -0.375 e. The summed E-state index contributed by atoms with van der Waals surface area (Å²) >= 11 is 4.50. The zero-order valence-electron chi connectivity index (χ0n) is 8.25. The quantitative estimate of drug-likeness (QED) is 0.406. The number of thiocarbonyl (C=S) groups is 1. The van der Waals surface area contributed by atoms with Gasteiger partial charge in [-0.3, -0.25) is 31.1 Å². The van der Waals surface area contributed by atoms with Crippen LogP contribution in [0.25, 0.3) is 0 Å². The summed E-state index contributed by atoms with van der Waals surface area (Å²) in [4.78, 5) is 19.7. The first-order valence-corrected chi connectivity index (χ1v) is 4.57. The Balaban J connectivity index is 3.08. The first-order valence-electron chi connectivity index (χ1n) is 4.16. The molecule has 0 spiro atoms. The minimum absolute atomic E-state index is 0.0217. The van der Waals surface area contributed by atoms with Gasteiger partial charge in [-0.15, -0.1) is 0 Å². The fourth-order valence-corrected chi connectivity index (χ4v) is 1.07. The lowest BCUT2D eigenvalue weighted by Gasteiger charge is -2.07. The van der Waals surface area contributed by atoms with Crippen LogP contribution in [0.4, 0.5) is 17.1 Å². The molecule has 0 radical (unpaired) electrons. The van der Waals surface area contributed by atoms with E-state index in [4.69, 9.17) is 5.73 Å². The molecule has 0 fully saturated rings. The van der Waals surface area contributed by atoms with E-state index in [-0.39, 0.29) is 16.5 Å². The molecule has 1 aromatic rings. The lowest BCUT2D eigenvalue weighted by Crippen LogP contribution is -2.34. The van der Waals surface area contributed by atoms with Gasteiger partial charge in [-0.1, -0.05) is 0 Å². The van der Waals surface area contributed by atoms with Crippen molar-refractivity contribution in [2.75, 3.05) is 5.43 Å². The van der Waals surface area contributed by atoms with Gasteiger partial charge in [-0.2, -0.15) is 0 Å². The molecule has 0 aliphatic rings. The lowest BCUT2D eigenvalue weighted by atomic mass is 10.2. The van der Waals surface area contributed by atoms with E-state index < -0.39 is 15.5 Å². The van der Waals surface area contributed by atoms with Gasteiger partial charge in [0.15, 0.2) is 5.11 Å². The normalized spacial score (nSPS) is 9.41. The van der Waals surface area contributed by atoms with E-state index in [1.165, 1.54) is 6.07 Å². The highest BCUT2D eigenvalue weighted by atomic mass is 32.1. The Labute approximate surface area is 99.9 Å². The molecule has 9 nitrogen and oxygen atoms in total. The fourth-order valence-electron chi connectivity index (χ4n) is 1.02. The second-order valence-electron chi connectivity index (χ2n) is 2.83. The molecule has 1 aromatic carbocycles. The van der Waals surface area contributed by atoms with Crippen molar-refractivity contribution >= 4 is 34.4 Å². The summed E-state index contributed by atoms with van der Waals surface area (Å²) in [5.74, 6) is 0. The molecule has 1 rings (SSSR count). The maximum absolute atomic E-state index is 10.7. The van der Waals surface area contributed by atoms with Gasteiger partial charge in [-0.05, 0) is 18.3 Å². The zero-order valence-corrected chi connectivity index (χ0v) is 9.06. The maximum Gasteiger partial charge on any atom is 0.300 e. The average molecular weight is 257 g/mol. The third kappa shape index (κ3) is 3.24. The Morgan fingerprint density at radius 1 is 1.29 bits per heavy atom. The number of benzene rings is 1. The number of non-ortho nitro benzene ring substituents is 1. The van der Waals surface area contributed by atoms with Gasteiger partial charge < -0.3 is 5.73 Å². The van der Waals surface area contributed by atoms with Gasteiger partial charge in [0.05, 0.1) is 15.9 Å². The highest BCUT2D eigenvalue weighted by Crippen LogP contribution is 2.28. The average Bonchev–Trinajstić information content (AvgIpc) is 2.25. The monoisotopic (exact) mass is 257 g/mol. The fraction of sp³-hybridized carbons (Fsp3) is 0. The van der Waals surface area contributed by atoms with E-state index in [2.05, 4.69) is 23.1 Å². The molecular formula is C7H7N5O4S. The molecule has 0 bridgehead atoms. The van der Waals surface area contributed by atoms with Crippen molar-refractivity contribution in [1.29, 1.82) is 0 Å². The van der Waals surface area contributed by atoms with Crippen LogP contribution in [0.1, 0.15) is 0 Å². The standard InChI is InChI=1S/C7H7N5O4S/c8-7(17)10-9-5-2-1-4(11(13)14)3-6(5)12(15)16/h1-3,9H,(H3,8,10,17). The summed E-state index contributed by atoms with van der Waals surface area (Å²) in [5, 5.41) is 21.0. The number of rotatable bonds is 4. The molecule has 0 saturated carbocycles. The highest BCUT2D eigenvalue weighted by molar-refractivity contribution is 7.80. The van der Waals surface area contributed by atoms with Gasteiger partial charge >= 0.3 is 5.69 Å². The Kier molecular flexibility index (Phi) is 3.72. The van der Waals surface area contributed by atoms with E-state index in [1.54, 1.807) is 0 Å². The molecule has 0 unspecified atom stereocenters. The van der Waals surface area contributed by atoms with Crippen molar-refractivity contribution in [2.24, 2.45) is 5.73 Å². The first-order chi connectivity index (χ1) is 7.91. The number of nitrogens with zero attached hydrogens (tertiary/aromatic N) is 2. The number of nitro groups is 2. The molecular weight excluding hydrogens is 250 g/mol. The number of nitrogens with two attached hydrogens (primary N) is 1. The van der Waals surface area contributed by atoms with Crippen molar-refractivity contribution in [3.63, 3.8) is 0 Å². The number of anilines is 1. The number of hydrogen-bond acceptors (Lipinski definition) is 6.